The second-order valence-electron chi connectivity index (χ2n) is 4.66. The molecule has 1 aromatic carbocycles. The van der Waals surface area contributed by atoms with Crippen LogP contribution in [0.2, 0.25) is 0 Å². The number of carboxylic acid groups (broad SMARTS) is 1. The lowest BCUT2D eigenvalue weighted by Crippen LogP contribution is -2.41. The molecule has 22 heavy (non-hydrogen) atoms. The zero-order valence-corrected chi connectivity index (χ0v) is 12.1. The number of halogens is 3. The van der Waals surface area contributed by atoms with E-state index in [2.05, 4.69) is 4.74 Å². The zero-order valence-electron chi connectivity index (χ0n) is 12.1. The Morgan fingerprint density at radius 2 is 2.00 bits per heavy atom. The van der Waals surface area contributed by atoms with Crippen LogP contribution in [0.4, 0.5) is 13.2 Å². The van der Waals surface area contributed by atoms with Crippen LogP contribution in [-0.4, -0.2) is 40.8 Å². The summed E-state index contributed by atoms with van der Waals surface area (Å²) < 4.78 is 40.3. The molecule has 1 rings (SSSR count). The van der Waals surface area contributed by atoms with Gasteiger partial charge in [-0.15, -0.1) is 13.2 Å². The van der Waals surface area contributed by atoms with Crippen molar-refractivity contribution in [3.05, 3.63) is 29.8 Å². The SMILES string of the molecule is CCC(C)N(CC(=O)O)C(=O)c1cccc(OC(F)(F)F)c1. The van der Waals surface area contributed by atoms with E-state index in [1.807, 2.05) is 0 Å². The number of rotatable bonds is 6. The van der Waals surface area contributed by atoms with Gasteiger partial charge in [-0.25, -0.2) is 0 Å². The Balaban J connectivity index is 3.03. The summed E-state index contributed by atoms with van der Waals surface area (Å²) in [4.78, 5) is 24.3. The van der Waals surface area contributed by atoms with Gasteiger partial charge in [0.1, 0.15) is 12.3 Å². The molecule has 5 nitrogen and oxygen atoms in total. The quantitative estimate of drug-likeness (QED) is 0.875. The fourth-order valence-corrected chi connectivity index (χ4v) is 1.79. The van der Waals surface area contributed by atoms with Crippen molar-refractivity contribution < 1.29 is 32.6 Å². The molecule has 1 unspecified atom stereocenters. The lowest BCUT2D eigenvalue weighted by Gasteiger charge is -2.27. The van der Waals surface area contributed by atoms with Crippen molar-refractivity contribution in [1.82, 2.24) is 4.90 Å². The molecule has 0 heterocycles. The Morgan fingerprint density at radius 3 is 2.50 bits per heavy atom. The van der Waals surface area contributed by atoms with Crippen molar-refractivity contribution in [1.29, 1.82) is 0 Å². The molecule has 0 saturated carbocycles. The lowest BCUT2D eigenvalue weighted by atomic mass is 10.1. The molecule has 0 aliphatic heterocycles. The molecule has 8 heteroatoms. The number of alkyl halides is 3. The number of carbonyl (C=O) groups is 2. The first kappa shape index (κ1) is 17.8. The van der Waals surface area contributed by atoms with Gasteiger partial charge >= 0.3 is 12.3 Å². The van der Waals surface area contributed by atoms with Crippen LogP contribution >= 0.6 is 0 Å². The van der Waals surface area contributed by atoms with Gasteiger partial charge in [-0.2, -0.15) is 0 Å². The Morgan fingerprint density at radius 1 is 1.36 bits per heavy atom. The first-order valence-electron chi connectivity index (χ1n) is 6.52. The van der Waals surface area contributed by atoms with Crippen LogP contribution in [0.15, 0.2) is 24.3 Å². The normalized spacial score (nSPS) is 12.6. The summed E-state index contributed by atoms with van der Waals surface area (Å²) in [7, 11) is 0. The number of aliphatic carboxylic acids is 1. The summed E-state index contributed by atoms with van der Waals surface area (Å²) in [6.07, 6.45) is -4.35. The Labute approximate surface area is 125 Å². The molecule has 0 aliphatic carbocycles. The van der Waals surface area contributed by atoms with Crippen LogP contribution in [0.5, 0.6) is 5.75 Å². The van der Waals surface area contributed by atoms with E-state index in [4.69, 9.17) is 5.11 Å². The molecule has 0 spiro atoms. The van der Waals surface area contributed by atoms with Gasteiger partial charge in [0.25, 0.3) is 5.91 Å². The summed E-state index contributed by atoms with van der Waals surface area (Å²) >= 11 is 0. The minimum Gasteiger partial charge on any atom is -0.480 e. The second-order valence-corrected chi connectivity index (χ2v) is 4.66. The third kappa shape index (κ3) is 5.27. The van der Waals surface area contributed by atoms with Crippen molar-refractivity contribution in [2.45, 2.75) is 32.7 Å². The van der Waals surface area contributed by atoms with Crippen LogP contribution in [0.1, 0.15) is 30.6 Å². The maximum atomic E-state index is 12.3. The third-order valence-electron chi connectivity index (χ3n) is 3.00. The molecule has 1 atom stereocenters. The topological polar surface area (TPSA) is 66.8 Å². The second kappa shape index (κ2) is 7.15. The van der Waals surface area contributed by atoms with Crippen molar-refractivity contribution >= 4 is 11.9 Å². The molecule has 0 fully saturated rings. The molecular weight excluding hydrogens is 303 g/mol. The fraction of sp³-hybridized carbons (Fsp3) is 0.429. The van der Waals surface area contributed by atoms with E-state index in [1.165, 1.54) is 12.1 Å². The van der Waals surface area contributed by atoms with E-state index in [0.717, 1.165) is 17.0 Å². The van der Waals surface area contributed by atoms with Crippen LogP contribution in [0, 0.1) is 0 Å². The molecule has 0 radical (unpaired) electrons. The van der Waals surface area contributed by atoms with E-state index >= 15 is 0 Å². The van der Waals surface area contributed by atoms with E-state index in [1.54, 1.807) is 13.8 Å². The number of nitrogens with zero attached hydrogens (tertiary/aromatic N) is 1. The summed E-state index contributed by atoms with van der Waals surface area (Å²) in [5.74, 6) is -2.39. The third-order valence-corrected chi connectivity index (χ3v) is 3.00. The molecule has 0 saturated heterocycles. The monoisotopic (exact) mass is 319 g/mol. The van der Waals surface area contributed by atoms with E-state index in [0.29, 0.717) is 6.42 Å². The smallest absolute Gasteiger partial charge is 0.480 e. The van der Waals surface area contributed by atoms with Crippen LogP contribution in [0.25, 0.3) is 0 Å². The van der Waals surface area contributed by atoms with Crippen molar-refractivity contribution in [2.24, 2.45) is 0 Å². The average Bonchev–Trinajstić information content (AvgIpc) is 2.41. The maximum Gasteiger partial charge on any atom is 0.573 e. The molecule has 0 aromatic heterocycles. The van der Waals surface area contributed by atoms with E-state index in [-0.39, 0.29) is 11.6 Å². The highest BCUT2D eigenvalue weighted by Gasteiger charge is 2.31. The molecule has 0 aliphatic rings. The maximum absolute atomic E-state index is 12.3. The number of hydrogen-bond acceptors (Lipinski definition) is 3. The van der Waals surface area contributed by atoms with Gasteiger partial charge in [0.2, 0.25) is 0 Å². The predicted octanol–water partition coefficient (Wildman–Crippen LogP) is 2.91. The minimum absolute atomic E-state index is 0.0664. The summed E-state index contributed by atoms with van der Waals surface area (Å²) in [5.41, 5.74) is -0.0664. The zero-order chi connectivity index (χ0) is 16.9. The largest absolute Gasteiger partial charge is 0.573 e. The van der Waals surface area contributed by atoms with E-state index < -0.39 is 30.5 Å². The molecular formula is C14H16F3NO4. The standard InChI is InChI=1S/C14H16F3NO4/c1-3-9(2)18(8-12(19)20)13(21)10-5-4-6-11(7-10)22-14(15,16)17/h4-7,9H,3,8H2,1-2H3,(H,19,20). The Kier molecular flexibility index (Phi) is 5.78. The van der Waals surface area contributed by atoms with Gasteiger partial charge in [-0.1, -0.05) is 13.0 Å². The number of carbonyl (C=O) groups excluding carboxylic acids is 1. The van der Waals surface area contributed by atoms with Crippen LogP contribution in [-0.2, 0) is 4.79 Å². The molecule has 1 aromatic rings. The Hall–Kier alpha value is -2.25. The number of carboxylic acids is 1. The highest BCUT2D eigenvalue weighted by molar-refractivity contribution is 5.96. The highest BCUT2D eigenvalue weighted by Crippen LogP contribution is 2.24. The highest BCUT2D eigenvalue weighted by atomic mass is 19.4. The van der Waals surface area contributed by atoms with Gasteiger partial charge in [0, 0.05) is 11.6 Å². The van der Waals surface area contributed by atoms with Gasteiger partial charge in [0.15, 0.2) is 0 Å². The van der Waals surface area contributed by atoms with Gasteiger partial charge in [-0.05, 0) is 31.5 Å². The number of ether oxygens (including phenoxy) is 1. The summed E-state index contributed by atoms with van der Waals surface area (Å²) in [5, 5.41) is 8.86. The number of amides is 1. The minimum atomic E-state index is -4.86. The summed E-state index contributed by atoms with van der Waals surface area (Å²) in [6, 6.07) is 4.19. The first-order valence-corrected chi connectivity index (χ1v) is 6.52. The van der Waals surface area contributed by atoms with Crippen molar-refractivity contribution in [3.8, 4) is 5.75 Å². The fourth-order valence-electron chi connectivity index (χ4n) is 1.79. The van der Waals surface area contributed by atoms with E-state index in [9.17, 15) is 22.8 Å². The molecule has 0 bridgehead atoms. The van der Waals surface area contributed by atoms with Crippen molar-refractivity contribution in [3.63, 3.8) is 0 Å². The molecule has 1 N–H and O–H groups in total. The van der Waals surface area contributed by atoms with Gasteiger partial charge in [0.05, 0.1) is 0 Å². The van der Waals surface area contributed by atoms with Crippen LogP contribution in [0.3, 0.4) is 0 Å². The predicted molar refractivity (Wildman–Crippen MR) is 71.6 cm³/mol. The van der Waals surface area contributed by atoms with Crippen LogP contribution < -0.4 is 4.74 Å². The number of benzene rings is 1. The van der Waals surface area contributed by atoms with Crippen molar-refractivity contribution in [2.75, 3.05) is 6.54 Å². The van der Waals surface area contributed by atoms with Gasteiger partial charge < -0.3 is 14.7 Å². The number of hydrogen-bond donors (Lipinski definition) is 1. The summed E-state index contributed by atoms with van der Waals surface area (Å²) in [6.45, 7) is 2.91. The average molecular weight is 319 g/mol. The Bertz CT molecular complexity index is 545. The first-order chi connectivity index (χ1) is 10.1. The molecule has 122 valence electrons. The molecule has 1 amide bonds. The lowest BCUT2D eigenvalue weighted by molar-refractivity contribution is -0.274. The van der Waals surface area contributed by atoms with Gasteiger partial charge in [-0.3, -0.25) is 9.59 Å².